The number of aromatic nitrogens is 1. The summed E-state index contributed by atoms with van der Waals surface area (Å²) in [5, 5.41) is 6.50. The van der Waals surface area contributed by atoms with Gasteiger partial charge in [0.25, 0.3) is 0 Å². The minimum absolute atomic E-state index is 0.173. The molecule has 0 bridgehead atoms. The Balaban J connectivity index is 0. The standard InChI is InChI=1S/C10H15N.C2H6.CHN/c1-8-5-6-11-9(7-8)10(2,3)4;2*1-2/h5-7H,1-4H3;1-2H3;1H. The molecule has 84 valence electrons. The second kappa shape index (κ2) is 7.99. The van der Waals surface area contributed by atoms with Gasteiger partial charge in [0.1, 0.15) is 0 Å². The molecule has 0 unspecified atom stereocenters. The molecule has 2 nitrogen and oxygen atoms in total. The van der Waals surface area contributed by atoms with E-state index in [2.05, 4.69) is 45.3 Å². The summed E-state index contributed by atoms with van der Waals surface area (Å²) in [7, 11) is 0. The van der Waals surface area contributed by atoms with Crippen LogP contribution in [0, 0.1) is 18.8 Å². The molecule has 0 aliphatic rings. The third-order valence-corrected chi connectivity index (χ3v) is 1.68. The molecular weight excluding hydrogens is 184 g/mol. The van der Waals surface area contributed by atoms with E-state index in [-0.39, 0.29) is 5.41 Å². The molecule has 0 atom stereocenters. The largest absolute Gasteiger partial charge is 0.261 e. The lowest BCUT2D eigenvalue weighted by Crippen LogP contribution is -2.13. The van der Waals surface area contributed by atoms with E-state index in [1.54, 1.807) is 0 Å². The Morgan fingerprint density at radius 1 is 1.20 bits per heavy atom. The summed E-state index contributed by atoms with van der Waals surface area (Å²) >= 11 is 0. The highest BCUT2D eigenvalue weighted by Gasteiger charge is 2.14. The summed E-state index contributed by atoms with van der Waals surface area (Å²) in [5.41, 5.74) is 2.62. The zero-order chi connectivity index (χ0) is 12.5. The molecule has 15 heavy (non-hydrogen) atoms. The highest BCUT2D eigenvalue weighted by Crippen LogP contribution is 2.19. The molecule has 1 aromatic heterocycles. The highest BCUT2D eigenvalue weighted by molar-refractivity contribution is 5.19. The summed E-state index contributed by atoms with van der Waals surface area (Å²) in [5.74, 6) is 0. The highest BCUT2D eigenvalue weighted by atomic mass is 14.7. The van der Waals surface area contributed by atoms with Crippen molar-refractivity contribution in [3.8, 4) is 6.57 Å². The fourth-order valence-corrected chi connectivity index (χ4v) is 0.946. The van der Waals surface area contributed by atoms with E-state index in [4.69, 9.17) is 5.26 Å². The molecule has 0 saturated carbocycles. The van der Waals surface area contributed by atoms with Crippen molar-refractivity contribution < 1.29 is 0 Å². The van der Waals surface area contributed by atoms with Gasteiger partial charge in [0.15, 0.2) is 0 Å². The van der Waals surface area contributed by atoms with Crippen molar-refractivity contribution in [3.63, 3.8) is 0 Å². The molecule has 0 amide bonds. The lowest BCUT2D eigenvalue weighted by Gasteiger charge is -2.17. The van der Waals surface area contributed by atoms with Crippen molar-refractivity contribution in [3.05, 3.63) is 29.6 Å². The van der Waals surface area contributed by atoms with Crippen LogP contribution in [-0.4, -0.2) is 4.98 Å². The molecule has 0 aliphatic heterocycles. The second-order valence-corrected chi connectivity index (χ2v) is 3.97. The molecular formula is C13H22N2. The van der Waals surface area contributed by atoms with Crippen molar-refractivity contribution in [2.24, 2.45) is 0 Å². The Labute approximate surface area is 94.0 Å². The van der Waals surface area contributed by atoms with Gasteiger partial charge >= 0.3 is 0 Å². The summed E-state index contributed by atoms with van der Waals surface area (Å²) < 4.78 is 0. The lowest BCUT2D eigenvalue weighted by atomic mass is 9.91. The fourth-order valence-electron chi connectivity index (χ4n) is 0.946. The first kappa shape index (κ1) is 16.1. The van der Waals surface area contributed by atoms with Crippen LogP contribution in [0.25, 0.3) is 0 Å². The first-order chi connectivity index (χ1) is 7.00. The smallest absolute Gasteiger partial charge is 0.0462 e. The Morgan fingerprint density at radius 3 is 1.93 bits per heavy atom. The van der Waals surface area contributed by atoms with Crippen LogP contribution in [0.2, 0.25) is 0 Å². The van der Waals surface area contributed by atoms with Gasteiger partial charge in [-0.05, 0) is 24.6 Å². The van der Waals surface area contributed by atoms with Gasteiger partial charge in [-0.3, -0.25) is 4.98 Å². The first-order valence-electron chi connectivity index (χ1n) is 5.19. The predicted molar refractivity (Wildman–Crippen MR) is 65.7 cm³/mol. The SMILES string of the molecule is C#N.CC.Cc1ccnc(C(C)(C)C)c1. The number of hydrogen-bond donors (Lipinski definition) is 0. The molecule has 0 aliphatic carbocycles. The normalized spacial score (nSPS) is 9.07. The van der Waals surface area contributed by atoms with Gasteiger partial charge in [0.05, 0.1) is 0 Å². The molecule has 0 aromatic carbocycles. The van der Waals surface area contributed by atoms with Crippen LogP contribution < -0.4 is 0 Å². The summed E-state index contributed by atoms with van der Waals surface area (Å²) in [6.45, 7) is 16.1. The quantitative estimate of drug-likeness (QED) is 0.646. The molecule has 1 rings (SSSR count). The van der Waals surface area contributed by atoms with Gasteiger partial charge in [0.2, 0.25) is 0 Å². The van der Waals surface area contributed by atoms with E-state index in [0.29, 0.717) is 0 Å². The number of aryl methyl sites for hydroxylation is 1. The van der Waals surface area contributed by atoms with Crippen molar-refractivity contribution in [1.82, 2.24) is 4.98 Å². The van der Waals surface area contributed by atoms with Gasteiger partial charge in [-0.2, -0.15) is 0 Å². The maximum absolute atomic E-state index is 6.50. The molecule has 1 heterocycles. The summed E-state index contributed by atoms with van der Waals surface area (Å²) in [6.07, 6.45) is 1.87. The number of rotatable bonds is 0. The van der Waals surface area contributed by atoms with Crippen LogP contribution in [-0.2, 0) is 5.41 Å². The molecule has 2 heteroatoms. The van der Waals surface area contributed by atoms with E-state index < -0.39 is 0 Å². The lowest BCUT2D eigenvalue weighted by molar-refractivity contribution is 0.568. The van der Waals surface area contributed by atoms with E-state index in [1.165, 1.54) is 5.56 Å². The van der Waals surface area contributed by atoms with Crippen LogP contribution in [0.1, 0.15) is 45.9 Å². The predicted octanol–water partition coefficient (Wildman–Crippen LogP) is 3.85. The third-order valence-electron chi connectivity index (χ3n) is 1.68. The molecule has 0 spiro atoms. The van der Waals surface area contributed by atoms with Crippen LogP contribution in [0.3, 0.4) is 0 Å². The number of hydrogen-bond acceptors (Lipinski definition) is 2. The Morgan fingerprint density at radius 2 is 1.67 bits per heavy atom. The van der Waals surface area contributed by atoms with E-state index in [0.717, 1.165) is 5.69 Å². The Kier molecular flexibility index (Phi) is 8.57. The van der Waals surface area contributed by atoms with E-state index in [1.807, 2.05) is 26.1 Å². The van der Waals surface area contributed by atoms with E-state index >= 15 is 0 Å². The van der Waals surface area contributed by atoms with Crippen LogP contribution in [0.15, 0.2) is 18.3 Å². The molecule has 0 fully saturated rings. The van der Waals surface area contributed by atoms with Gasteiger partial charge < -0.3 is 0 Å². The van der Waals surface area contributed by atoms with Gasteiger partial charge in [-0.15, -0.1) is 0 Å². The van der Waals surface area contributed by atoms with Crippen LogP contribution >= 0.6 is 0 Å². The minimum atomic E-state index is 0.173. The third kappa shape index (κ3) is 6.68. The zero-order valence-electron chi connectivity index (χ0n) is 10.7. The molecule has 0 radical (unpaired) electrons. The first-order valence-corrected chi connectivity index (χ1v) is 5.19. The van der Waals surface area contributed by atoms with E-state index in [9.17, 15) is 0 Å². The Bertz CT molecular complexity index is 282. The summed E-state index contributed by atoms with van der Waals surface area (Å²) in [4.78, 5) is 4.31. The van der Waals surface area contributed by atoms with Crippen LogP contribution in [0.5, 0.6) is 0 Å². The van der Waals surface area contributed by atoms with Gasteiger partial charge in [-0.1, -0.05) is 34.6 Å². The summed E-state index contributed by atoms with van der Waals surface area (Å²) in [6, 6.07) is 4.16. The molecule has 1 aromatic rings. The van der Waals surface area contributed by atoms with Crippen molar-refractivity contribution in [2.45, 2.75) is 47.0 Å². The zero-order valence-corrected chi connectivity index (χ0v) is 10.7. The maximum atomic E-state index is 6.50. The number of pyridine rings is 1. The van der Waals surface area contributed by atoms with Crippen molar-refractivity contribution in [2.75, 3.05) is 0 Å². The molecule has 0 N–H and O–H groups in total. The minimum Gasteiger partial charge on any atom is -0.261 e. The van der Waals surface area contributed by atoms with Crippen molar-refractivity contribution >= 4 is 0 Å². The maximum Gasteiger partial charge on any atom is 0.0462 e. The van der Waals surface area contributed by atoms with Gasteiger partial charge in [0, 0.05) is 23.9 Å². The number of nitrogens with zero attached hydrogens (tertiary/aromatic N) is 2. The average molecular weight is 206 g/mol. The topological polar surface area (TPSA) is 36.7 Å². The fraction of sp³-hybridized carbons (Fsp3) is 0.538. The monoisotopic (exact) mass is 206 g/mol. The Hall–Kier alpha value is -1.36. The number of nitriles is 1. The van der Waals surface area contributed by atoms with Gasteiger partial charge in [-0.25, -0.2) is 5.26 Å². The van der Waals surface area contributed by atoms with Crippen molar-refractivity contribution in [1.29, 1.82) is 5.26 Å². The average Bonchev–Trinajstić information content (AvgIpc) is 2.23. The van der Waals surface area contributed by atoms with Crippen LogP contribution in [0.4, 0.5) is 0 Å². The molecule has 0 saturated heterocycles. The second-order valence-electron chi connectivity index (χ2n) is 3.97.